The van der Waals surface area contributed by atoms with Gasteiger partial charge in [0.1, 0.15) is 12.6 Å². The molecule has 1 fully saturated rings. The van der Waals surface area contributed by atoms with Gasteiger partial charge in [-0.2, -0.15) is 0 Å². The van der Waals surface area contributed by atoms with Crippen LogP contribution in [0, 0.1) is 20.8 Å². The molecule has 1 aliphatic rings. The number of sulfonamides is 1. The number of benzene rings is 3. The first-order valence-corrected chi connectivity index (χ1v) is 16.6. The smallest absolute Gasteiger partial charge is 0.244 e. The first-order valence-electron chi connectivity index (χ1n) is 14.8. The van der Waals surface area contributed by atoms with Crippen molar-refractivity contribution in [3.8, 4) is 0 Å². The number of carbonyl (C=O) groups excluding carboxylic acids is 2. The monoisotopic (exact) mass is 589 g/mol. The van der Waals surface area contributed by atoms with Crippen LogP contribution in [0.2, 0.25) is 0 Å². The van der Waals surface area contributed by atoms with E-state index < -0.39 is 28.5 Å². The van der Waals surface area contributed by atoms with Crippen molar-refractivity contribution in [1.82, 2.24) is 10.2 Å². The van der Waals surface area contributed by atoms with Crippen LogP contribution in [0.15, 0.2) is 72.8 Å². The largest absolute Gasteiger partial charge is 0.352 e. The van der Waals surface area contributed by atoms with Gasteiger partial charge < -0.3 is 10.2 Å². The molecule has 224 valence electrons. The van der Waals surface area contributed by atoms with E-state index >= 15 is 0 Å². The highest BCUT2D eigenvalue weighted by atomic mass is 32.2. The molecule has 0 aliphatic heterocycles. The van der Waals surface area contributed by atoms with Gasteiger partial charge in [0.2, 0.25) is 21.8 Å². The molecule has 0 bridgehead atoms. The molecule has 1 N–H and O–H groups in total. The Morgan fingerprint density at radius 1 is 0.857 bits per heavy atom. The van der Waals surface area contributed by atoms with Crippen LogP contribution in [-0.4, -0.2) is 50.0 Å². The van der Waals surface area contributed by atoms with E-state index in [1.165, 1.54) is 4.31 Å². The Morgan fingerprint density at radius 3 is 2.17 bits per heavy atom. The van der Waals surface area contributed by atoms with Gasteiger partial charge in [0.15, 0.2) is 0 Å². The van der Waals surface area contributed by atoms with Crippen molar-refractivity contribution in [3.05, 3.63) is 101 Å². The highest BCUT2D eigenvalue weighted by Gasteiger charge is 2.34. The quantitative estimate of drug-likeness (QED) is 0.322. The van der Waals surface area contributed by atoms with Crippen LogP contribution in [0.25, 0.3) is 0 Å². The van der Waals surface area contributed by atoms with Gasteiger partial charge in [0.05, 0.1) is 11.9 Å². The average Bonchev–Trinajstić information content (AvgIpc) is 2.96. The molecule has 3 aromatic carbocycles. The highest BCUT2D eigenvalue weighted by molar-refractivity contribution is 7.92. The van der Waals surface area contributed by atoms with Crippen LogP contribution >= 0.6 is 0 Å². The Labute approximate surface area is 251 Å². The zero-order chi connectivity index (χ0) is 30.3. The van der Waals surface area contributed by atoms with Crippen molar-refractivity contribution in [1.29, 1.82) is 0 Å². The molecule has 42 heavy (non-hydrogen) atoms. The summed E-state index contributed by atoms with van der Waals surface area (Å²) < 4.78 is 27.4. The van der Waals surface area contributed by atoms with Gasteiger partial charge in [-0.1, -0.05) is 86.0 Å². The predicted octanol–water partition coefficient (Wildman–Crippen LogP) is 5.47. The van der Waals surface area contributed by atoms with Gasteiger partial charge in [-0.25, -0.2) is 8.42 Å². The fourth-order valence-electron chi connectivity index (χ4n) is 5.67. The molecule has 8 heteroatoms. The molecule has 0 heterocycles. The van der Waals surface area contributed by atoms with E-state index in [-0.39, 0.29) is 18.5 Å². The summed E-state index contributed by atoms with van der Waals surface area (Å²) in [6.07, 6.45) is 6.58. The Hall–Kier alpha value is -3.65. The summed E-state index contributed by atoms with van der Waals surface area (Å²) in [5.74, 6) is -0.630. The number of aryl methyl sites for hydroxylation is 2. The summed E-state index contributed by atoms with van der Waals surface area (Å²) in [6.45, 7) is 5.53. The maximum absolute atomic E-state index is 14.4. The highest BCUT2D eigenvalue weighted by Crippen LogP contribution is 2.26. The van der Waals surface area contributed by atoms with E-state index in [0.29, 0.717) is 12.1 Å². The van der Waals surface area contributed by atoms with E-state index in [4.69, 9.17) is 0 Å². The Morgan fingerprint density at radius 2 is 1.50 bits per heavy atom. The van der Waals surface area contributed by atoms with Gasteiger partial charge in [0, 0.05) is 19.0 Å². The van der Waals surface area contributed by atoms with E-state index in [2.05, 4.69) is 5.32 Å². The lowest BCUT2D eigenvalue weighted by molar-refractivity contribution is -0.140. The lowest BCUT2D eigenvalue weighted by atomic mass is 9.94. The number of hydrogen-bond donors (Lipinski definition) is 1. The Kier molecular flexibility index (Phi) is 10.4. The number of nitrogens with zero attached hydrogens (tertiary/aromatic N) is 2. The molecule has 1 unspecified atom stereocenters. The number of anilines is 1. The van der Waals surface area contributed by atoms with Crippen molar-refractivity contribution in [2.45, 2.75) is 77.9 Å². The standard InChI is InChI=1S/C34H43N3O4S/c1-25-15-13-21-31(27(25)3)37(42(4,40)41)24-33(38)36(23-29-18-12-11-14-26(29)2)32(22-28-16-7-5-8-17-28)34(39)35-30-19-9-6-10-20-30/h5,7-8,11-18,21,30,32H,6,9-10,19-20,22-24H2,1-4H3,(H,35,39). The van der Waals surface area contributed by atoms with Crippen molar-refractivity contribution in [2.75, 3.05) is 17.1 Å². The minimum atomic E-state index is -3.81. The molecule has 0 radical (unpaired) electrons. The van der Waals surface area contributed by atoms with Crippen LogP contribution < -0.4 is 9.62 Å². The summed E-state index contributed by atoms with van der Waals surface area (Å²) in [7, 11) is -3.81. The summed E-state index contributed by atoms with van der Waals surface area (Å²) in [5.41, 5.74) is 5.02. The number of rotatable bonds is 11. The molecule has 4 rings (SSSR count). The van der Waals surface area contributed by atoms with Crippen molar-refractivity contribution >= 4 is 27.5 Å². The van der Waals surface area contributed by atoms with Crippen molar-refractivity contribution < 1.29 is 18.0 Å². The van der Waals surface area contributed by atoms with Crippen LogP contribution in [0.1, 0.15) is 59.9 Å². The topological polar surface area (TPSA) is 86.8 Å². The zero-order valence-electron chi connectivity index (χ0n) is 25.2. The van der Waals surface area contributed by atoms with Crippen molar-refractivity contribution in [2.24, 2.45) is 0 Å². The fraction of sp³-hybridized carbons (Fsp3) is 0.412. The minimum Gasteiger partial charge on any atom is -0.352 e. The van der Waals surface area contributed by atoms with Crippen molar-refractivity contribution in [3.63, 3.8) is 0 Å². The third-order valence-corrected chi connectivity index (χ3v) is 9.47. The first kappa shape index (κ1) is 31.3. The second-order valence-corrected chi connectivity index (χ2v) is 13.4. The molecular formula is C34H43N3O4S. The number of amides is 2. The second kappa shape index (κ2) is 14.0. The maximum Gasteiger partial charge on any atom is 0.244 e. The lowest BCUT2D eigenvalue weighted by Gasteiger charge is -2.35. The number of hydrogen-bond acceptors (Lipinski definition) is 4. The lowest BCUT2D eigenvalue weighted by Crippen LogP contribution is -2.55. The second-order valence-electron chi connectivity index (χ2n) is 11.5. The van der Waals surface area contributed by atoms with Gasteiger partial charge >= 0.3 is 0 Å². The van der Waals surface area contributed by atoms with Gasteiger partial charge in [-0.3, -0.25) is 13.9 Å². The van der Waals surface area contributed by atoms with Crippen LogP contribution in [0.4, 0.5) is 5.69 Å². The number of nitrogens with one attached hydrogen (secondary N) is 1. The van der Waals surface area contributed by atoms with Crippen LogP contribution in [0.5, 0.6) is 0 Å². The summed E-state index contributed by atoms with van der Waals surface area (Å²) >= 11 is 0. The predicted molar refractivity (Wildman–Crippen MR) is 169 cm³/mol. The van der Waals surface area contributed by atoms with Gasteiger partial charge in [-0.05, 0) is 67.5 Å². The SMILES string of the molecule is Cc1ccccc1CN(C(=O)CN(c1cccc(C)c1C)S(C)(=O)=O)C(Cc1ccccc1)C(=O)NC1CCCCC1. The molecule has 0 saturated heterocycles. The minimum absolute atomic E-state index is 0.0717. The van der Waals surface area contributed by atoms with Gasteiger partial charge in [-0.15, -0.1) is 0 Å². The molecule has 1 aliphatic carbocycles. The molecule has 7 nitrogen and oxygen atoms in total. The third-order valence-electron chi connectivity index (χ3n) is 8.35. The normalized spacial score (nSPS) is 14.7. The zero-order valence-corrected chi connectivity index (χ0v) is 26.0. The maximum atomic E-state index is 14.4. The summed E-state index contributed by atoms with van der Waals surface area (Å²) in [6, 6.07) is 22.1. The molecule has 1 atom stereocenters. The Balaban J connectivity index is 1.75. The molecular weight excluding hydrogens is 546 g/mol. The van der Waals surface area contributed by atoms with Gasteiger partial charge in [0.25, 0.3) is 0 Å². The van der Waals surface area contributed by atoms with E-state index in [0.717, 1.165) is 66.2 Å². The fourth-order valence-corrected chi connectivity index (χ4v) is 6.57. The summed E-state index contributed by atoms with van der Waals surface area (Å²) in [5, 5.41) is 3.24. The summed E-state index contributed by atoms with van der Waals surface area (Å²) in [4.78, 5) is 30.0. The van der Waals surface area contributed by atoms with Crippen LogP contribution in [0.3, 0.4) is 0 Å². The molecule has 3 aromatic rings. The number of carbonyl (C=O) groups is 2. The average molecular weight is 590 g/mol. The molecule has 0 aromatic heterocycles. The molecule has 1 saturated carbocycles. The first-order chi connectivity index (χ1) is 20.0. The van der Waals surface area contributed by atoms with E-state index in [1.807, 2.05) is 81.4 Å². The van der Waals surface area contributed by atoms with E-state index in [1.54, 1.807) is 17.0 Å². The molecule has 2 amide bonds. The third kappa shape index (κ3) is 8.00. The van der Waals surface area contributed by atoms with E-state index in [9.17, 15) is 18.0 Å². The Bertz CT molecular complexity index is 1480. The van der Waals surface area contributed by atoms with Crippen LogP contribution in [-0.2, 0) is 32.6 Å². The molecule has 0 spiro atoms.